The van der Waals surface area contributed by atoms with Gasteiger partial charge in [-0.15, -0.1) is 0 Å². The maximum absolute atomic E-state index is 11.8. The molecule has 114 valence electrons. The molecule has 5 nitrogen and oxygen atoms in total. The minimum absolute atomic E-state index is 0.167. The summed E-state index contributed by atoms with van der Waals surface area (Å²) in [5.74, 6) is -0.377. The molecule has 2 amide bonds. The van der Waals surface area contributed by atoms with Gasteiger partial charge in [-0.3, -0.25) is 9.59 Å². The first kappa shape index (κ1) is 15.9. The van der Waals surface area contributed by atoms with E-state index >= 15 is 0 Å². The van der Waals surface area contributed by atoms with Crippen LogP contribution in [0.3, 0.4) is 0 Å². The molecular formula is C16H15ClN2O3. The third-order valence-electron chi connectivity index (χ3n) is 2.91. The summed E-state index contributed by atoms with van der Waals surface area (Å²) in [6, 6.07) is 11.6. The van der Waals surface area contributed by atoms with Gasteiger partial charge >= 0.3 is 0 Å². The van der Waals surface area contributed by atoms with E-state index in [1.807, 2.05) is 13.0 Å². The zero-order valence-electron chi connectivity index (χ0n) is 11.9. The molecule has 0 saturated carbocycles. The van der Waals surface area contributed by atoms with Crippen molar-refractivity contribution in [1.29, 1.82) is 0 Å². The standard InChI is InChI=1S/C16H15ClN2O3/c1-10-2-7-14(13(17)8-10)19-15(20)9-22-12-5-3-11(4-6-12)16(18)21/h2-8H,9H2,1H3,(H2,18,21)(H,19,20). The summed E-state index contributed by atoms with van der Waals surface area (Å²) in [6.45, 7) is 1.75. The quantitative estimate of drug-likeness (QED) is 0.889. The van der Waals surface area contributed by atoms with E-state index in [1.54, 1.807) is 24.3 Å². The van der Waals surface area contributed by atoms with E-state index in [0.29, 0.717) is 22.0 Å². The number of benzene rings is 2. The second-order valence-electron chi connectivity index (χ2n) is 4.71. The number of primary amides is 1. The fraction of sp³-hybridized carbons (Fsp3) is 0.125. The predicted octanol–water partition coefficient (Wildman–Crippen LogP) is 2.76. The molecule has 0 saturated heterocycles. The SMILES string of the molecule is Cc1ccc(NC(=O)COc2ccc(C(N)=O)cc2)c(Cl)c1. The molecule has 2 aromatic carbocycles. The Labute approximate surface area is 133 Å². The Hall–Kier alpha value is -2.53. The lowest BCUT2D eigenvalue weighted by molar-refractivity contribution is -0.118. The van der Waals surface area contributed by atoms with Crippen LogP contribution in [0.1, 0.15) is 15.9 Å². The largest absolute Gasteiger partial charge is 0.484 e. The molecule has 3 N–H and O–H groups in total. The van der Waals surface area contributed by atoms with E-state index in [0.717, 1.165) is 5.56 Å². The molecule has 0 heterocycles. The Bertz CT molecular complexity index is 699. The van der Waals surface area contributed by atoms with Gasteiger partial charge in [-0.25, -0.2) is 0 Å². The van der Waals surface area contributed by atoms with Crippen LogP contribution in [0.2, 0.25) is 5.02 Å². The van der Waals surface area contributed by atoms with Gasteiger partial charge in [0.05, 0.1) is 10.7 Å². The summed E-state index contributed by atoms with van der Waals surface area (Å²) >= 11 is 6.04. The Morgan fingerprint density at radius 2 is 1.86 bits per heavy atom. The van der Waals surface area contributed by atoms with Crippen LogP contribution >= 0.6 is 11.6 Å². The smallest absolute Gasteiger partial charge is 0.262 e. The van der Waals surface area contributed by atoms with Crippen molar-refractivity contribution < 1.29 is 14.3 Å². The van der Waals surface area contributed by atoms with E-state index in [2.05, 4.69) is 5.32 Å². The number of rotatable bonds is 5. The van der Waals surface area contributed by atoms with Crippen molar-refractivity contribution in [2.75, 3.05) is 11.9 Å². The van der Waals surface area contributed by atoms with Gasteiger partial charge in [-0.05, 0) is 48.9 Å². The minimum atomic E-state index is -0.515. The number of anilines is 1. The van der Waals surface area contributed by atoms with Crippen LogP contribution in [-0.4, -0.2) is 18.4 Å². The lowest BCUT2D eigenvalue weighted by atomic mass is 10.2. The number of hydrogen-bond donors (Lipinski definition) is 2. The topological polar surface area (TPSA) is 81.4 Å². The van der Waals surface area contributed by atoms with Crippen LogP contribution in [0.25, 0.3) is 0 Å². The van der Waals surface area contributed by atoms with Gasteiger partial charge in [0.2, 0.25) is 5.91 Å². The van der Waals surface area contributed by atoms with Crippen molar-refractivity contribution in [3.05, 3.63) is 58.6 Å². The van der Waals surface area contributed by atoms with Crippen LogP contribution in [0.15, 0.2) is 42.5 Å². The molecule has 6 heteroatoms. The Kier molecular flexibility index (Phi) is 5.01. The van der Waals surface area contributed by atoms with Gasteiger partial charge in [-0.1, -0.05) is 17.7 Å². The first-order valence-electron chi connectivity index (χ1n) is 6.54. The average molecular weight is 319 g/mol. The lowest BCUT2D eigenvalue weighted by Gasteiger charge is -2.09. The van der Waals surface area contributed by atoms with Crippen molar-refractivity contribution in [1.82, 2.24) is 0 Å². The van der Waals surface area contributed by atoms with Crippen molar-refractivity contribution in [2.45, 2.75) is 6.92 Å². The van der Waals surface area contributed by atoms with E-state index in [-0.39, 0.29) is 12.5 Å². The van der Waals surface area contributed by atoms with Crippen molar-refractivity contribution in [3.63, 3.8) is 0 Å². The molecule has 0 spiro atoms. The van der Waals surface area contributed by atoms with Crippen LogP contribution in [0.5, 0.6) is 5.75 Å². The number of hydrogen-bond acceptors (Lipinski definition) is 3. The molecule has 0 aliphatic rings. The number of carbonyl (C=O) groups is 2. The van der Waals surface area contributed by atoms with Gasteiger partial charge in [0.25, 0.3) is 5.91 Å². The molecule has 0 atom stereocenters. The molecule has 0 aromatic heterocycles. The summed E-state index contributed by atoms with van der Waals surface area (Å²) in [5, 5.41) is 3.14. The van der Waals surface area contributed by atoms with Gasteiger partial charge in [0.1, 0.15) is 5.75 Å². The molecule has 0 unspecified atom stereocenters. The van der Waals surface area contributed by atoms with Crippen molar-refractivity contribution in [3.8, 4) is 5.75 Å². The number of nitrogens with two attached hydrogens (primary N) is 1. The Balaban J connectivity index is 1.91. The summed E-state index contributed by atoms with van der Waals surface area (Å²) in [7, 11) is 0. The first-order valence-corrected chi connectivity index (χ1v) is 6.92. The first-order chi connectivity index (χ1) is 10.5. The van der Waals surface area contributed by atoms with E-state index in [9.17, 15) is 9.59 Å². The van der Waals surface area contributed by atoms with Crippen molar-refractivity contribution in [2.24, 2.45) is 5.73 Å². The highest BCUT2D eigenvalue weighted by Gasteiger charge is 2.07. The normalized spacial score (nSPS) is 10.1. The Morgan fingerprint density at radius 3 is 2.45 bits per heavy atom. The highest BCUT2D eigenvalue weighted by molar-refractivity contribution is 6.33. The monoisotopic (exact) mass is 318 g/mol. The predicted molar refractivity (Wildman–Crippen MR) is 85.3 cm³/mol. The summed E-state index contributed by atoms with van der Waals surface area (Å²) < 4.78 is 5.33. The number of amides is 2. The molecular weight excluding hydrogens is 304 g/mol. The zero-order valence-corrected chi connectivity index (χ0v) is 12.7. The number of carbonyl (C=O) groups excluding carboxylic acids is 2. The maximum Gasteiger partial charge on any atom is 0.262 e. The van der Waals surface area contributed by atoms with Crippen LogP contribution in [0, 0.1) is 6.92 Å². The second kappa shape index (κ2) is 6.95. The highest BCUT2D eigenvalue weighted by atomic mass is 35.5. The number of nitrogens with one attached hydrogen (secondary N) is 1. The number of aryl methyl sites for hydroxylation is 1. The second-order valence-corrected chi connectivity index (χ2v) is 5.12. The van der Waals surface area contributed by atoms with E-state index in [4.69, 9.17) is 22.1 Å². The molecule has 0 fully saturated rings. The van der Waals surface area contributed by atoms with Gasteiger partial charge < -0.3 is 15.8 Å². The summed E-state index contributed by atoms with van der Waals surface area (Å²) in [4.78, 5) is 22.8. The number of halogens is 1. The van der Waals surface area contributed by atoms with Gasteiger partial charge in [-0.2, -0.15) is 0 Å². The fourth-order valence-corrected chi connectivity index (χ4v) is 2.05. The van der Waals surface area contributed by atoms with Crippen LogP contribution in [-0.2, 0) is 4.79 Å². The molecule has 2 rings (SSSR count). The molecule has 22 heavy (non-hydrogen) atoms. The Morgan fingerprint density at radius 1 is 1.18 bits per heavy atom. The van der Waals surface area contributed by atoms with Crippen LogP contribution in [0.4, 0.5) is 5.69 Å². The average Bonchev–Trinajstić information content (AvgIpc) is 2.48. The van der Waals surface area contributed by atoms with E-state index < -0.39 is 5.91 Å². The minimum Gasteiger partial charge on any atom is -0.484 e. The third kappa shape index (κ3) is 4.23. The zero-order chi connectivity index (χ0) is 16.1. The summed E-state index contributed by atoms with van der Waals surface area (Å²) in [5.41, 5.74) is 7.06. The van der Waals surface area contributed by atoms with Gasteiger partial charge in [0, 0.05) is 5.56 Å². The molecule has 0 aliphatic heterocycles. The number of ether oxygens (including phenoxy) is 1. The van der Waals surface area contributed by atoms with Crippen LogP contribution < -0.4 is 15.8 Å². The highest BCUT2D eigenvalue weighted by Crippen LogP contribution is 2.22. The third-order valence-corrected chi connectivity index (χ3v) is 3.22. The fourth-order valence-electron chi connectivity index (χ4n) is 1.77. The molecule has 2 aromatic rings. The van der Waals surface area contributed by atoms with E-state index in [1.165, 1.54) is 12.1 Å². The lowest BCUT2D eigenvalue weighted by Crippen LogP contribution is -2.20. The molecule has 0 radical (unpaired) electrons. The van der Waals surface area contributed by atoms with Crippen molar-refractivity contribution >= 4 is 29.1 Å². The summed E-state index contributed by atoms with van der Waals surface area (Å²) in [6.07, 6.45) is 0. The molecule has 0 aliphatic carbocycles. The molecule has 0 bridgehead atoms. The maximum atomic E-state index is 11.8. The van der Waals surface area contributed by atoms with Gasteiger partial charge in [0.15, 0.2) is 6.61 Å².